The van der Waals surface area contributed by atoms with Gasteiger partial charge in [-0.05, 0) is 59.0 Å². The average Bonchev–Trinajstić information content (AvgIpc) is 2.34. The summed E-state index contributed by atoms with van der Waals surface area (Å²) in [5.41, 5.74) is 0.938. The molecule has 118 valence electrons. The van der Waals surface area contributed by atoms with E-state index in [2.05, 4.69) is 38.3 Å². The molecule has 1 atom stereocenters. The van der Waals surface area contributed by atoms with E-state index < -0.39 is 0 Å². The zero-order valence-corrected chi connectivity index (χ0v) is 15.0. The van der Waals surface area contributed by atoms with Gasteiger partial charge in [-0.15, -0.1) is 0 Å². The van der Waals surface area contributed by atoms with Crippen LogP contribution in [0.2, 0.25) is 0 Å². The number of rotatable bonds is 5. The minimum absolute atomic E-state index is 0.150. The van der Waals surface area contributed by atoms with E-state index in [1.54, 1.807) is 0 Å². The molecule has 4 nitrogen and oxygen atoms in total. The number of nitrogens with zero attached hydrogens (tertiary/aromatic N) is 1. The molecule has 0 fully saturated rings. The van der Waals surface area contributed by atoms with Crippen LogP contribution in [0.25, 0.3) is 0 Å². The Morgan fingerprint density at radius 2 is 1.86 bits per heavy atom. The van der Waals surface area contributed by atoms with Gasteiger partial charge in [0.2, 0.25) is 0 Å². The molecule has 0 bridgehead atoms. The number of alkyl carbamates (subject to hydrolysis) is 1. The highest BCUT2D eigenvalue weighted by Gasteiger charge is 2.18. The first-order valence-corrected chi connectivity index (χ1v) is 7.82. The van der Waals surface area contributed by atoms with Crippen LogP contribution in [0.5, 0.6) is 0 Å². The number of nitrogens with one attached hydrogen (secondary N) is 1. The molecule has 1 rings (SSSR count). The Morgan fingerprint density at radius 1 is 1.29 bits per heavy atom. The molecule has 0 heterocycles. The first-order valence-electron chi connectivity index (χ1n) is 7.03. The van der Waals surface area contributed by atoms with E-state index in [9.17, 15) is 4.79 Å². The summed E-state index contributed by atoms with van der Waals surface area (Å²) >= 11 is 3.43. The van der Waals surface area contributed by atoms with Crippen molar-refractivity contribution in [1.82, 2.24) is 10.2 Å². The Labute approximate surface area is 136 Å². The van der Waals surface area contributed by atoms with Gasteiger partial charge in [-0.3, -0.25) is 0 Å². The molecule has 0 aliphatic heterocycles. The number of carbonyl (C=O) groups excluding carboxylic acids is 1. The van der Waals surface area contributed by atoms with Crippen LogP contribution >= 0.6 is 15.9 Å². The van der Waals surface area contributed by atoms with E-state index in [1.165, 1.54) is 5.56 Å². The minimum Gasteiger partial charge on any atom is -0.448 e. The number of amides is 1. The fourth-order valence-electron chi connectivity index (χ4n) is 1.80. The van der Waals surface area contributed by atoms with Crippen LogP contribution in [-0.2, 0) is 11.2 Å². The lowest BCUT2D eigenvalue weighted by molar-refractivity contribution is 0.104. The molecule has 1 N–H and O–H groups in total. The highest BCUT2D eigenvalue weighted by Crippen LogP contribution is 2.13. The molecule has 0 spiro atoms. The third-order valence-electron chi connectivity index (χ3n) is 3.00. The van der Waals surface area contributed by atoms with E-state index in [4.69, 9.17) is 4.74 Å². The second-order valence-electron chi connectivity index (χ2n) is 6.42. The second-order valence-corrected chi connectivity index (χ2v) is 7.34. The van der Waals surface area contributed by atoms with Crippen molar-refractivity contribution in [2.24, 2.45) is 0 Å². The van der Waals surface area contributed by atoms with Crippen molar-refractivity contribution in [3.05, 3.63) is 34.3 Å². The summed E-state index contributed by atoms with van der Waals surface area (Å²) in [7, 11) is 3.99. The van der Waals surface area contributed by atoms with E-state index in [1.807, 2.05) is 47.0 Å². The molecule has 0 saturated heterocycles. The summed E-state index contributed by atoms with van der Waals surface area (Å²) in [6.07, 6.45) is 0.466. The van der Waals surface area contributed by atoms with E-state index in [0.29, 0.717) is 6.61 Å². The number of carbonyl (C=O) groups is 1. The summed E-state index contributed by atoms with van der Waals surface area (Å²) in [6.45, 7) is 6.16. The summed E-state index contributed by atoms with van der Waals surface area (Å²) in [5.74, 6) is 0. The highest BCUT2D eigenvalue weighted by molar-refractivity contribution is 9.10. The zero-order valence-electron chi connectivity index (χ0n) is 13.4. The van der Waals surface area contributed by atoms with Gasteiger partial charge in [0.25, 0.3) is 0 Å². The fraction of sp³-hybridized carbons (Fsp3) is 0.562. The number of hydrogen-bond acceptors (Lipinski definition) is 3. The normalized spacial score (nSPS) is 13.1. The zero-order chi connectivity index (χ0) is 16.0. The standard InChI is InChI=1S/C16H25BrN2O2/c1-16(2,3)18-15(20)21-11-14(19(4)5)10-12-6-8-13(17)9-7-12/h6-9,14H,10-11H2,1-5H3,(H,18,20)/t14-/m0/s1. The van der Waals surface area contributed by atoms with Gasteiger partial charge < -0.3 is 15.0 Å². The Hall–Kier alpha value is -1.07. The van der Waals surface area contributed by atoms with Gasteiger partial charge in [-0.1, -0.05) is 28.1 Å². The largest absolute Gasteiger partial charge is 0.448 e. The third kappa shape index (κ3) is 7.48. The summed E-state index contributed by atoms with van der Waals surface area (Å²) in [6, 6.07) is 8.35. The maximum Gasteiger partial charge on any atom is 0.407 e. The molecular weight excluding hydrogens is 332 g/mol. The van der Waals surface area contributed by atoms with Crippen LogP contribution in [0.4, 0.5) is 4.79 Å². The summed E-state index contributed by atoms with van der Waals surface area (Å²) in [4.78, 5) is 13.8. The monoisotopic (exact) mass is 356 g/mol. The molecule has 0 aliphatic carbocycles. The van der Waals surface area contributed by atoms with Gasteiger partial charge in [-0.2, -0.15) is 0 Å². The Bertz CT molecular complexity index is 452. The van der Waals surface area contributed by atoms with Gasteiger partial charge in [0, 0.05) is 16.1 Å². The lowest BCUT2D eigenvalue weighted by Gasteiger charge is -2.26. The highest BCUT2D eigenvalue weighted by atomic mass is 79.9. The molecule has 0 saturated carbocycles. The molecule has 1 aromatic carbocycles. The number of hydrogen-bond donors (Lipinski definition) is 1. The maximum absolute atomic E-state index is 11.7. The molecule has 0 aliphatic rings. The fourth-order valence-corrected chi connectivity index (χ4v) is 2.06. The van der Waals surface area contributed by atoms with Crippen molar-refractivity contribution < 1.29 is 9.53 Å². The van der Waals surface area contributed by atoms with Crippen LogP contribution in [0, 0.1) is 0 Å². The molecule has 0 radical (unpaired) electrons. The molecule has 1 aromatic rings. The van der Waals surface area contributed by atoms with Crippen LogP contribution in [-0.4, -0.2) is 43.3 Å². The Morgan fingerprint density at radius 3 is 2.33 bits per heavy atom. The number of benzene rings is 1. The average molecular weight is 357 g/mol. The molecule has 5 heteroatoms. The first kappa shape index (κ1) is 18.0. The predicted molar refractivity (Wildman–Crippen MR) is 89.6 cm³/mol. The first-order chi connectivity index (χ1) is 9.67. The van der Waals surface area contributed by atoms with Crippen molar-refractivity contribution in [2.75, 3.05) is 20.7 Å². The Kier molecular flexibility index (Phi) is 6.68. The van der Waals surface area contributed by atoms with Crippen LogP contribution in [0.1, 0.15) is 26.3 Å². The van der Waals surface area contributed by atoms with E-state index >= 15 is 0 Å². The number of likely N-dealkylation sites (N-methyl/N-ethyl adjacent to an activating group) is 1. The van der Waals surface area contributed by atoms with Gasteiger partial charge in [0.05, 0.1) is 0 Å². The lowest BCUT2D eigenvalue weighted by atomic mass is 10.1. The quantitative estimate of drug-likeness (QED) is 0.878. The summed E-state index contributed by atoms with van der Waals surface area (Å²) < 4.78 is 6.40. The van der Waals surface area contributed by atoms with Crippen LogP contribution < -0.4 is 5.32 Å². The van der Waals surface area contributed by atoms with Gasteiger partial charge >= 0.3 is 6.09 Å². The van der Waals surface area contributed by atoms with Crippen LogP contribution in [0.15, 0.2) is 28.7 Å². The van der Waals surface area contributed by atoms with Gasteiger partial charge in [-0.25, -0.2) is 4.79 Å². The minimum atomic E-state index is -0.370. The second kappa shape index (κ2) is 7.80. The van der Waals surface area contributed by atoms with Crippen molar-refractivity contribution >= 4 is 22.0 Å². The molecule has 21 heavy (non-hydrogen) atoms. The third-order valence-corrected chi connectivity index (χ3v) is 3.53. The maximum atomic E-state index is 11.7. The smallest absolute Gasteiger partial charge is 0.407 e. The van der Waals surface area contributed by atoms with Crippen molar-refractivity contribution in [2.45, 2.75) is 38.8 Å². The molecular formula is C16H25BrN2O2. The van der Waals surface area contributed by atoms with Crippen molar-refractivity contribution in [3.63, 3.8) is 0 Å². The van der Waals surface area contributed by atoms with Crippen LogP contribution in [0.3, 0.4) is 0 Å². The van der Waals surface area contributed by atoms with Crippen molar-refractivity contribution in [3.8, 4) is 0 Å². The number of halogens is 1. The summed E-state index contributed by atoms with van der Waals surface area (Å²) in [5, 5.41) is 2.80. The van der Waals surface area contributed by atoms with E-state index in [-0.39, 0.29) is 17.7 Å². The molecule has 1 amide bonds. The van der Waals surface area contributed by atoms with Crippen molar-refractivity contribution in [1.29, 1.82) is 0 Å². The van der Waals surface area contributed by atoms with E-state index in [0.717, 1.165) is 10.9 Å². The Balaban J connectivity index is 2.54. The topological polar surface area (TPSA) is 41.6 Å². The molecule has 0 unspecified atom stereocenters. The SMILES string of the molecule is CN(C)[C@H](COC(=O)NC(C)(C)C)Cc1ccc(Br)cc1. The predicted octanol–water partition coefficient (Wildman–Crippen LogP) is 3.45. The molecule has 0 aromatic heterocycles. The number of ether oxygens (including phenoxy) is 1. The lowest BCUT2D eigenvalue weighted by Crippen LogP contribution is -2.43. The van der Waals surface area contributed by atoms with Gasteiger partial charge in [0.15, 0.2) is 0 Å². The van der Waals surface area contributed by atoms with Gasteiger partial charge in [0.1, 0.15) is 6.61 Å².